The van der Waals surface area contributed by atoms with Gasteiger partial charge in [0.2, 0.25) is 0 Å². The van der Waals surface area contributed by atoms with Gasteiger partial charge >= 0.3 is 0 Å². The third-order valence-corrected chi connectivity index (χ3v) is 4.18. The van der Waals surface area contributed by atoms with Crippen LogP contribution >= 0.6 is 0 Å². The van der Waals surface area contributed by atoms with E-state index < -0.39 is 0 Å². The molecule has 0 heterocycles. The Bertz CT molecular complexity index is 507. The molecule has 0 amide bonds. The summed E-state index contributed by atoms with van der Waals surface area (Å²) in [7, 11) is 0. The van der Waals surface area contributed by atoms with Crippen LogP contribution in [0.5, 0.6) is 0 Å². The molecule has 0 nitrogen and oxygen atoms in total. The second-order valence-corrected chi connectivity index (χ2v) is 5.16. The van der Waals surface area contributed by atoms with E-state index in [0.717, 1.165) is 0 Å². The molecule has 0 aromatic heterocycles. The van der Waals surface area contributed by atoms with Crippen LogP contribution in [0, 0.1) is 5.82 Å². The summed E-state index contributed by atoms with van der Waals surface area (Å²) < 4.78 is 13.1. The zero-order valence-electron chi connectivity index (χ0n) is 10.4. The van der Waals surface area contributed by atoms with Gasteiger partial charge in [0, 0.05) is 5.41 Å². The molecule has 3 rings (SSSR count). The van der Waals surface area contributed by atoms with Crippen LogP contribution in [-0.4, -0.2) is 0 Å². The SMILES string of the molecule is Fc1ccc(C2(c3ccccc3)CCCC2)cc1. The molecular weight excluding hydrogens is 223 g/mol. The maximum atomic E-state index is 13.1. The molecule has 0 radical (unpaired) electrons. The first-order chi connectivity index (χ1) is 8.81. The molecule has 0 spiro atoms. The minimum absolute atomic E-state index is 0.106. The minimum atomic E-state index is -0.153. The number of halogens is 1. The van der Waals surface area contributed by atoms with Crippen molar-refractivity contribution in [3.8, 4) is 0 Å². The summed E-state index contributed by atoms with van der Waals surface area (Å²) in [5.74, 6) is -0.153. The van der Waals surface area contributed by atoms with Crippen LogP contribution in [0.3, 0.4) is 0 Å². The third kappa shape index (κ3) is 1.84. The van der Waals surface area contributed by atoms with Crippen molar-refractivity contribution in [2.24, 2.45) is 0 Å². The van der Waals surface area contributed by atoms with Gasteiger partial charge in [0.25, 0.3) is 0 Å². The van der Waals surface area contributed by atoms with Crippen LogP contribution in [0.4, 0.5) is 4.39 Å². The van der Waals surface area contributed by atoms with Crippen molar-refractivity contribution in [3.05, 3.63) is 71.5 Å². The molecule has 0 bridgehead atoms. The van der Waals surface area contributed by atoms with Crippen molar-refractivity contribution in [3.63, 3.8) is 0 Å². The first-order valence-electron chi connectivity index (χ1n) is 6.63. The maximum Gasteiger partial charge on any atom is 0.123 e. The molecule has 0 unspecified atom stereocenters. The van der Waals surface area contributed by atoms with E-state index in [9.17, 15) is 4.39 Å². The van der Waals surface area contributed by atoms with Crippen molar-refractivity contribution < 1.29 is 4.39 Å². The van der Waals surface area contributed by atoms with Crippen LogP contribution in [0.15, 0.2) is 54.6 Å². The predicted octanol–water partition coefficient (Wildman–Crippen LogP) is 4.69. The van der Waals surface area contributed by atoms with E-state index >= 15 is 0 Å². The highest BCUT2D eigenvalue weighted by Gasteiger charge is 2.36. The molecule has 18 heavy (non-hydrogen) atoms. The lowest BCUT2D eigenvalue weighted by Crippen LogP contribution is -2.23. The zero-order valence-corrected chi connectivity index (χ0v) is 10.4. The van der Waals surface area contributed by atoms with E-state index in [1.54, 1.807) is 12.1 Å². The smallest absolute Gasteiger partial charge is 0.123 e. The van der Waals surface area contributed by atoms with Gasteiger partial charge in [0.05, 0.1) is 0 Å². The molecule has 1 fully saturated rings. The summed E-state index contributed by atoms with van der Waals surface area (Å²) in [5, 5.41) is 0. The van der Waals surface area contributed by atoms with Gasteiger partial charge in [0.1, 0.15) is 5.82 Å². The van der Waals surface area contributed by atoms with Gasteiger partial charge < -0.3 is 0 Å². The number of benzene rings is 2. The van der Waals surface area contributed by atoms with Crippen LogP contribution in [0.2, 0.25) is 0 Å². The van der Waals surface area contributed by atoms with Crippen molar-refractivity contribution in [2.45, 2.75) is 31.1 Å². The Balaban J connectivity index is 2.10. The molecule has 0 N–H and O–H groups in total. The molecule has 1 aliphatic rings. The lowest BCUT2D eigenvalue weighted by atomic mass is 9.73. The fraction of sp³-hybridized carbons (Fsp3) is 0.294. The second kappa shape index (κ2) is 4.56. The fourth-order valence-electron chi connectivity index (χ4n) is 3.25. The third-order valence-electron chi connectivity index (χ3n) is 4.18. The number of rotatable bonds is 2. The van der Waals surface area contributed by atoms with Crippen molar-refractivity contribution >= 4 is 0 Å². The van der Waals surface area contributed by atoms with Crippen LogP contribution in [0.1, 0.15) is 36.8 Å². The second-order valence-electron chi connectivity index (χ2n) is 5.16. The molecule has 1 saturated carbocycles. The first kappa shape index (κ1) is 11.5. The van der Waals surface area contributed by atoms with Crippen LogP contribution in [0.25, 0.3) is 0 Å². The average molecular weight is 240 g/mol. The Morgan fingerprint density at radius 2 is 1.28 bits per heavy atom. The highest BCUT2D eigenvalue weighted by molar-refractivity contribution is 5.40. The largest absolute Gasteiger partial charge is 0.207 e. The lowest BCUT2D eigenvalue weighted by molar-refractivity contribution is 0.532. The molecule has 92 valence electrons. The summed E-state index contributed by atoms with van der Waals surface area (Å²) in [5.41, 5.74) is 2.73. The minimum Gasteiger partial charge on any atom is -0.207 e. The molecular formula is C17H17F. The van der Waals surface area contributed by atoms with Gasteiger partial charge in [0.15, 0.2) is 0 Å². The molecule has 1 heteroatoms. The number of hydrogen-bond donors (Lipinski definition) is 0. The highest BCUT2D eigenvalue weighted by Crippen LogP contribution is 2.46. The molecule has 0 saturated heterocycles. The Morgan fingerprint density at radius 1 is 0.722 bits per heavy atom. The van der Waals surface area contributed by atoms with E-state index in [4.69, 9.17) is 0 Å². The van der Waals surface area contributed by atoms with Crippen molar-refractivity contribution in [2.75, 3.05) is 0 Å². The summed E-state index contributed by atoms with van der Waals surface area (Å²) in [6.45, 7) is 0. The number of hydrogen-bond acceptors (Lipinski definition) is 0. The van der Waals surface area contributed by atoms with Crippen LogP contribution < -0.4 is 0 Å². The Hall–Kier alpha value is -1.63. The summed E-state index contributed by atoms with van der Waals surface area (Å²) in [6.07, 6.45) is 4.85. The quantitative estimate of drug-likeness (QED) is 0.714. The van der Waals surface area contributed by atoms with E-state index in [0.29, 0.717) is 0 Å². The lowest BCUT2D eigenvalue weighted by Gasteiger charge is -2.30. The molecule has 0 atom stereocenters. The molecule has 2 aromatic carbocycles. The monoisotopic (exact) mass is 240 g/mol. The molecule has 0 aliphatic heterocycles. The molecule has 2 aromatic rings. The Labute approximate surface area is 107 Å². The molecule has 1 aliphatic carbocycles. The summed E-state index contributed by atoms with van der Waals surface area (Å²) >= 11 is 0. The van der Waals surface area contributed by atoms with Gasteiger partial charge in [-0.15, -0.1) is 0 Å². The van der Waals surface area contributed by atoms with Crippen molar-refractivity contribution in [1.82, 2.24) is 0 Å². The Kier molecular flexibility index (Phi) is 2.91. The van der Waals surface area contributed by atoms with Crippen molar-refractivity contribution in [1.29, 1.82) is 0 Å². The van der Waals surface area contributed by atoms with Gasteiger partial charge in [-0.3, -0.25) is 0 Å². The topological polar surface area (TPSA) is 0 Å². The standard InChI is InChI=1S/C17H17F/c18-16-10-8-15(9-11-16)17(12-4-5-13-17)14-6-2-1-3-7-14/h1-3,6-11H,4-5,12-13H2. The Morgan fingerprint density at radius 3 is 1.89 bits per heavy atom. The normalized spacial score (nSPS) is 17.8. The van der Waals surface area contributed by atoms with E-state index in [1.807, 2.05) is 12.1 Å². The van der Waals surface area contributed by atoms with Gasteiger partial charge in [-0.1, -0.05) is 55.3 Å². The zero-order chi connectivity index (χ0) is 12.4. The van der Waals surface area contributed by atoms with E-state index in [-0.39, 0.29) is 11.2 Å². The fourth-order valence-corrected chi connectivity index (χ4v) is 3.25. The van der Waals surface area contributed by atoms with Gasteiger partial charge in [-0.05, 0) is 36.1 Å². The van der Waals surface area contributed by atoms with Gasteiger partial charge in [-0.25, -0.2) is 4.39 Å². The van der Waals surface area contributed by atoms with Crippen LogP contribution in [-0.2, 0) is 5.41 Å². The average Bonchev–Trinajstić information content (AvgIpc) is 2.91. The summed E-state index contributed by atoms with van der Waals surface area (Å²) in [6, 6.07) is 17.7. The van der Waals surface area contributed by atoms with E-state index in [2.05, 4.69) is 30.3 Å². The maximum absolute atomic E-state index is 13.1. The highest BCUT2D eigenvalue weighted by atomic mass is 19.1. The summed E-state index contributed by atoms with van der Waals surface area (Å²) in [4.78, 5) is 0. The predicted molar refractivity (Wildman–Crippen MR) is 72.1 cm³/mol. The van der Waals surface area contributed by atoms with E-state index in [1.165, 1.54) is 36.8 Å². The first-order valence-corrected chi connectivity index (χ1v) is 6.63. The van der Waals surface area contributed by atoms with Gasteiger partial charge in [-0.2, -0.15) is 0 Å².